The fraction of sp³-hybridized carbons (Fsp3) is 0.167. The molecule has 3 aromatic carbocycles. The van der Waals surface area contributed by atoms with Crippen LogP contribution >= 0.6 is 0 Å². The average Bonchev–Trinajstić information content (AvgIpc) is 2.73. The summed E-state index contributed by atoms with van der Waals surface area (Å²) < 4.78 is 5.11. The molecule has 0 amide bonds. The van der Waals surface area contributed by atoms with Crippen LogP contribution in [0.5, 0.6) is 0 Å². The number of Topliss-reactive ketones (excluding diaryl/α,β-unsaturated/α-hetero) is 1. The number of ether oxygens (including phenoxy) is 1. The summed E-state index contributed by atoms with van der Waals surface area (Å²) in [6.45, 7) is 2.12. The molecule has 1 atom stereocenters. The topological polar surface area (TPSA) is 43.4 Å². The molecule has 1 unspecified atom stereocenters. The van der Waals surface area contributed by atoms with Crippen molar-refractivity contribution in [2.24, 2.45) is 0 Å². The number of benzene rings is 3. The van der Waals surface area contributed by atoms with Gasteiger partial charge < -0.3 is 4.74 Å². The van der Waals surface area contributed by atoms with E-state index in [4.69, 9.17) is 4.74 Å². The number of carbonyl (C=O) groups is 2. The van der Waals surface area contributed by atoms with Gasteiger partial charge in [0, 0.05) is 17.9 Å². The molecule has 0 heterocycles. The van der Waals surface area contributed by atoms with Crippen LogP contribution in [0, 0.1) is 0 Å². The van der Waals surface area contributed by atoms with Crippen molar-refractivity contribution in [3.05, 3.63) is 107 Å². The number of hydrogen-bond donors (Lipinski definition) is 0. The second-order valence-corrected chi connectivity index (χ2v) is 6.30. The third kappa shape index (κ3) is 4.70. The van der Waals surface area contributed by atoms with E-state index in [1.54, 1.807) is 13.0 Å². The molecule has 0 fully saturated rings. The normalized spacial score (nSPS) is 11.6. The summed E-state index contributed by atoms with van der Waals surface area (Å²) >= 11 is 0. The van der Waals surface area contributed by atoms with Crippen molar-refractivity contribution in [3.63, 3.8) is 0 Å². The molecule has 27 heavy (non-hydrogen) atoms. The summed E-state index contributed by atoms with van der Waals surface area (Å²) in [7, 11) is 0. The first-order valence-electron chi connectivity index (χ1n) is 9.09. The lowest BCUT2D eigenvalue weighted by Gasteiger charge is -2.18. The molecule has 0 aliphatic rings. The third-order valence-electron chi connectivity index (χ3n) is 4.49. The molecule has 0 aromatic heterocycles. The lowest BCUT2D eigenvalue weighted by atomic mass is 9.85. The Labute approximate surface area is 159 Å². The van der Waals surface area contributed by atoms with Crippen LogP contribution in [0.15, 0.2) is 84.9 Å². The Morgan fingerprint density at radius 3 is 2.04 bits per heavy atom. The molecule has 0 spiro atoms. The van der Waals surface area contributed by atoms with Crippen LogP contribution < -0.4 is 0 Å². The van der Waals surface area contributed by atoms with E-state index in [0.29, 0.717) is 24.2 Å². The Bertz CT molecular complexity index is 901. The van der Waals surface area contributed by atoms with Gasteiger partial charge in [-0.2, -0.15) is 0 Å². The Morgan fingerprint density at radius 1 is 0.778 bits per heavy atom. The summed E-state index contributed by atoms with van der Waals surface area (Å²) in [5.74, 6) is -0.403. The number of rotatable bonds is 7. The van der Waals surface area contributed by atoms with Gasteiger partial charge in [-0.1, -0.05) is 72.8 Å². The first-order chi connectivity index (χ1) is 13.2. The first-order valence-corrected chi connectivity index (χ1v) is 9.09. The van der Waals surface area contributed by atoms with Gasteiger partial charge in [-0.05, 0) is 30.2 Å². The summed E-state index contributed by atoms with van der Waals surface area (Å²) in [5.41, 5.74) is 3.17. The average molecular weight is 358 g/mol. The van der Waals surface area contributed by atoms with Crippen molar-refractivity contribution in [2.75, 3.05) is 6.61 Å². The predicted octanol–water partition coefficient (Wildman–Crippen LogP) is 5.27. The second kappa shape index (κ2) is 8.95. The minimum absolute atomic E-state index is 0.0750. The monoisotopic (exact) mass is 358 g/mol. The predicted molar refractivity (Wildman–Crippen MR) is 106 cm³/mol. The molecule has 0 saturated heterocycles. The van der Waals surface area contributed by atoms with Gasteiger partial charge in [0.25, 0.3) is 0 Å². The molecule has 3 heteroatoms. The molecule has 3 aromatic rings. The second-order valence-electron chi connectivity index (χ2n) is 6.30. The van der Waals surface area contributed by atoms with Gasteiger partial charge in [0.1, 0.15) is 0 Å². The van der Waals surface area contributed by atoms with Gasteiger partial charge in [-0.3, -0.25) is 4.79 Å². The number of esters is 1. The zero-order valence-electron chi connectivity index (χ0n) is 15.3. The van der Waals surface area contributed by atoms with E-state index in [1.807, 2.05) is 78.9 Å². The minimum atomic E-state index is -0.347. The Morgan fingerprint density at radius 2 is 1.37 bits per heavy atom. The van der Waals surface area contributed by atoms with Gasteiger partial charge in [0.15, 0.2) is 5.78 Å². The minimum Gasteiger partial charge on any atom is -0.462 e. The molecule has 0 bridgehead atoms. The van der Waals surface area contributed by atoms with Crippen LogP contribution in [0.3, 0.4) is 0 Å². The molecule has 0 N–H and O–H groups in total. The molecule has 0 radical (unpaired) electrons. The van der Waals surface area contributed by atoms with Crippen molar-refractivity contribution in [1.82, 2.24) is 0 Å². The zero-order valence-corrected chi connectivity index (χ0v) is 15.3. The highest BCUT2D eigenvalue weighted by molar-refractivity contribution is 5.97. The molecule has 0 aliphatic carbocycles. The highest BCUT2D eigenvalue weighted by Gasteiger charge is 2.20. The van der Waals surface area contributed by atoms with Crippen molar-refractivity contribution in [3.8, 4) is 0 Å². The van der Waals surface area contributed by atoms with Crippen LogP contribution in [0.1, 0.15) is 51.1 Å². The Hall–Kier alpha value is -3.20. The maximum atomic E-state index is 12.8. The van der Waals surface area contributed by atoms with Crippen molar-refractivity contribution < 1.29 is 14.3 Å². The molecule has 0 aliphatic heterocycles. The number of carbonyl (C=O) groups excluding carboxylic acids is 2. The highest BCUT2D eigenvalue weighted by Crippen LogP contribution is 2.30. The van der Waals surface area contributed by atoms with Gasteiger partial charge >= 0.3 is 5.97 Å². The standard InChI is InChI=1S/C24H22O3/c1-2-27-24(26)21-15-9-14-20(16-21)22(18-10-5-3-6-11-18)17-23(25)19-12-7-4-8-13-19/h3-16,22H,2,17H2,1H3. The van der Waals surface area contributed by atoms with E-state index < -0.39 is 0 Å². The summed E-state index contributed by atoms with van der Waals surface area (Å²) in [5, 5.41) is 0. The molecule has 3 rings (SSSR count). The van der Waals surface area contributed by atoms with Crippen molar-refractivity contribution >= 4 is 11.8 Å². The summed E-state index contributed by atoms with van der Waals surface area (Å²) in [6, 6.07) is 26.6. The molecule has 136 valence electrons. The molecule has 3 nitrogen and oxygen atoms in total. The number of ketones is 1. The Balaban J connectivity index is 1.95. The van der Waals surface area contributed by atoms with Crippen LogP contribution in [0.25, 0.3) is 0 Å². The van der Waals surface area contributed by atoms with Crippen LogP contribution in [-0.2, 0) is 4.74 Å². The summed E-state index contributed by atoms with van der Waals surface area (Å²) in [4.78, 5) is 24.9. The fourth-order valence-electron chi connectivity index (χ4n) is 3.14. The molecular weight excluding hydrogens is 336 g/mol. The highest BCUT2D eigenvalue weighted by atomic mass is 16.5. The van der Waals surface area contributed by atoms with Crippen LogP contribution in [0.4, 0.5) is 0 Å². The molecular formula is C24H22O3. The van der Waals surface area contributed by atoms with E-state index in [2.05, 4.69) is 0 Å². The largest absolute Gasteiger partial charge is 0.462 e. The quantitative estimate of drug-likeness (QED) is 0.427. The lowest BCUT2D eigenvalue weighted by molar-refractivity contribution is 0.0526. The van der Waals surface area contributed by atoms with Gasteiger partial charge in [0.2, 0.25) is 0 Å². The van der Waals surface area contributed by atoms with Crippen LogP contribution in [-0.4, -0.2) is 18.4 Å². The maximum absolute atomic E-state index is 12.8. The van der Waals surface area contributed by atoms with Crippen LogP contribution in [0.2, 0.25) is 0 Å². The van der Waals surface area contributed by atoms with E-state index in [0.717, 1.165) is 11.1 Å². The first kappa shape index (κ1) is 18.6. The Kier molecular flexibility index (Phi) is 6.16. The van der Waals surface area contributed by atoms with E-state index in [-0.39, 0.29) is 17.7 Å². The number of hydrogen-bond acceptors (Lipinski definition) is 3. The fourth-order valence-corrected chi connectivity index (χ4v) is 3.14. The zero-order chi connectivity index (χ0) is 19.1. The SMILES string of the molecule is CCOC(=O)c1cccc(C(CC(=O)c2ccccc2)c2ccccc2)c1. The smallest absolute Gasteiger partial charge is 0.338 e. The van der Waals surface area contributed by atoms with E-state index in [9.17, 15) is 9.59 Å². The summed E-state index contributed by atoms with van der Waals surface area (Å²) in [6.07, 6.45) is 0.334. The van der Waals surface area contributed by atoms with Crippen molar-refractivity contribution in [2.45, 2.75) is 19.3 Å². The van der Waals surface area contributed by atoms with E-state index in [1.165, 1.54) is 0 Å². The lowest BCUT2D eigenvalue weighted by Crippen LogP contribution is -2.11. The van der Waals surface area contributed by atoms with Gasteiger partial charge in [-0.15, -0.1) is 0 Å². The third-order valence-corrected chi connectivity index (χ3v) is 4.49. The van der Waals surface area contributed by atoms with Crippen molar-refractivity contribution in [1.29, 1.82) is 0 Å². The maximum Gasteiger partial charge on any atom is 0.338 e. The van der Waals surface area contributed by atoms with Gasteiger partial charge in [0.05, 0.1) is 12.2 Å². The van der Waals surface area contributed by atoms with E-state index >= 15 is 0 Å². The molecule has 0 saturated carbocycles. The van der Waals surface area contributed by atoms with Gasteiger partial charge in [-0.25, -0.2) is 4.79 Å².